The largest absolute Gasteiger partial charge is 0.492 e. The zero-order chi connectivity index (χ0) is 20.7. The van der Waals surface area contributed by atoms with Crippen molar-refractivity contribution < 1.29 is 22.3 Å². The third-order valence-electron chi connectivity index (χ3n) is 4.04. The van der Waals surface area contributed by atoms with E-state index >= 15 is 0 Å². The van der Waals surface area contributed by atoms with Gasteiger partial charge in [-0.3, -0.25) is 9.10 Å². The molecule has 0 spiro atoms. The second-order valence-corrected chi connectivity index (χ2v) is 8.58. The van der Waals surface area contributed by atoms with Gasteiger partial charge in [0.2, 0.25) is 15.9 Å². The molecule has 0 heterocycles. The number of amides is 1. The summed E-state index contributed by atoms with van der Waals surface area (Å²) < 4.78 is 43.5. The van der Waals surface area contributed by atoms with E-state index in [2.05, 4.69) is 5.32 Å². The molecule has 2 rings (SSSR count). The summed E-state index contributed by atoms with van der Waals surface area (Å²) in [5, 5.41) is 2.62. The zero-order valence-electron chi connectivity index (χ0n) is 16.2. The summed E-state index contributed by atoms with van der Waals surface area (Å²) in [6, 6.07) is 12.6. The van der Waals surface area contributed by atoms with Crippen molar-refractivity contribution in [3.05, 3.63) is 59.9 Å². The van der Waals surface area contributed by atoms with Crippen molar-refractivity contribution in [1.29, 1.82) is 0 Å². The third kappa shape index (κ3) is 6.53. The van der Waals surface area contributed by atoms with Gasteiger partial charge >= 0.3 is 0 Å². The van der Waals surface area contributed by atoms with Gasteiger partial charge in [0.15, 0.2) is 0 Å². The van der Waals surface area contributed by atoms with Gasteiger partial charge in [0.05, 0.1) is 18.5 Å². The van der Waals surface area contributed by atoms with Crippen LogP contribution in [0.1, 0.15) is 25.3 Å². The summed E-state index contributed by atoms with van der Waals surface area (Å²) in [5.74, 6) is 0.00723. The molecule has 8 heteroatoms. The van der Waals surface area contributed by atoms with Crippen LogP contribution in [-0.4, -0.2) is 40.3 Å². The molecule has 1 amide bonds. The fraction of sp³-hybridized carbons (Fsp3) is 0.350. The highest BCUT2D eigenvalue weighted by atomic mass is 32.2. The molecule has 0 aliphatic heterocycles. The summed E-state index contributed by atoms with van der Waals surface area (Å²) in [5.41, 5.74) is 1.52. The second-order valence-electron chi connectivity index (χ2n) is 6.67. The molecule has 2 aromatic rings. The number of halogens is 1. The number of carbonyl (C=O) groups excluding carboxylic acids is 1. The van der Waals surface area contributed by atoms with E-state index in [1.807, 2.05) is 26.0 Å². The molecule has 0 saturated heterocycles. The Kier molecular flexibility index (Phi) is 7.39. The van der Waals surface area contributed by atoms with Gasteiger partial charge in [-0.1, -0.05) is 26.0 Å². The van der Waals surface area contributed by atoms with E-state index in [0.29, 0.717) is 17.4 Å². The predicted octanol–water partition coefficient (Wildman–Crippen LogP) is 2.91. The molecule has 0 fully saturated rings. The molecule has 2 aromatic carbocycles. The van der Waals surface area contributed by atoms with Gasteiger partial charge in [-0.2, -0.15) is 0 Å². The summed E-state index contributed by atoms with van der Waals surface area (Å²) >= 11 is 0. The maximum absolute atomic E-state index is 12.8. The van der Waals surface area contributed by atoms with E-state index in [-0.39, 0.29) is 25.5 Å². The van der Waals surface area contributed by atoms with Crippen LogP contribution in [-0.2, 0) is 14.8 Å². The maximum Gasteiger partial charge on any atom is 0.240 e. The molecule has 0 saturated carbocycles. The Morgan fingerprint density at radius 3 is 2.25 bits per heavy atom. The van der Waals surface area contributed by atoms with E-state index in [1.54, 1.807) is 12.1 Å². The molecule has 0 aliphatic rings. The Hall–Kier alpha value is -2.61. The zero-order valence-corrected chi connectivity index (χ0v) is 17.0. The molecule has 0 aliphatic carbocycles. The number of ether oxygens (including phenoxy) is 1. The van der Waals surface area contributed by atoms with Crippen molar-refractivity contribution >= 4 is 21.6 Å². The van der Waals surface area contributed by atoms with E-state index in [4.69, 9.17) is 4.74 Å². The number of sulfonamides is 1. The number of anilines is 1. The molecule has 1 N–H and O–H groups in total. The average molecular weight is 408 g/mol. The quantitative estimate of drug-likeness (QED) is 0.648. The first kappa shape index (κ1) is 21.7. The summed E-state index contributed by atoms with van der Waals surface area (Å²) in [6.45, 7) is 4.14. The van der Waals surface area contributed by atoms with Crippen LogP contribution in [0.2, 0.25) is 0 Å². The molecule has 0 radical (unpaired) electrons. The van der Waals surface area contributed by atoms with Crippen molar-refractivity contribution in [2.75, 3.05) is 30.3 Å². The molecule has 0 aromatic heterocycles. The first-order chi connectivity index (χ1) is 13.2. The number of nitrogens with one attached hydrogen (secondary N) is 1. The topological polar surface area (TPSA) is 75.7 Å². The van der Waals surface area contributed by atoms with Crippen molar-refractivity contribution in [2.45, 2.75) is 19.8 Å². The fourth-order valence-corrected chi connectivity index (χ4v) is 3.36. The van der Waals surface area contributed by atoms with Gasteiger partial charge in [-0.25, -0.2) is 12.8 Å². The van der Waals surface area contributed by atoms with Crippen molar-refractivity contribution in [3.8, 4) is 5.75 Å². The molecule has 6 nitrogen and oxygen atoms in total. The van der Waals surface area contributed by atoms with Crippen LogP contribution < -0.4 is 14.4 Å². The molecular formula is C20H25FN2O4S. The first-order valence-electron chi connectivity index (χ1n) is 8.89. The fourth-order valence-electron chi connectivity index (χ4n) is 2.50. The lowest BCUT2D eigenvalue weighted by molar-refractivity contribution is -0.119. The summed E-state index contributed by atoms with van der Waals surface area (Å²) in [4.78, 5) is 12.2. The van der Waals surface area contributed by atoms with Gasteiger partial charge in [-0.15, -0.1) is 0 Å². The van der Waals surface area contributed by atoms with E-state index in [0.717, 1.165) is 16.1 Å². The van der Waals surface area contributed by atoms with E-state index in [9.17, 15) is 17.6 Å². The molecule has 0 unspecified atom stereocenters. The minimum Gasteiger partial charge on any atom is -0.492 e. The monoisotopic (exact) mass is 408 g/mol. The summed E-state index contributed by atoms with van der Waals surface area (Å²) in [7, 11) is -3.62. The first-order valence-corrected chi connectivity index (χ1v) is 10.7. The third-order valence-corrected chi connectivity index (χ3v) is 5.18. The number of carbonyl (C=O) groups is 1. The lowest BCUT2D eigenvalue weighted by atomic mass is 10.0. The number of nitrogens with zero attached hydrogens (tertiary/aromatic N) is 1. The molecule has 0 bridgehead atoms. The van der Waals surface area contributed by atoms with Crippen molar-refractivity contribution in [3.63, 3.8) is 0 Å². The number of rotatable bonds is 9. The molecule has 152 valence electrons. The Bertz CT molecular complexity index is 881. The Morgan fingerprint density at radius 1 is 1.11 bits per heavy atom. The average Bonchev–Trinajstić information content (AvgIpc) is 2.64. The summed E-state index contributed by atoms with van der Waals surface area (Å²) in [6.07, 6.45) is 1.06. The van der Waals surface area contributed by atoms with Crippen molar-refractivity contribution in [1.82, 2.24) is 5.32 Å². The lowest BCUT2D eigenvalue weighted by Crippen LogP contribution is -2.41. The minimum absolute atomic E-state index is 0.180. The van der Waals surface area contributed by atoms with Crippen LogP contribution in [0, 0.1) is 5.82 Å². The van der Waals surface area contributed by atoms with Crippen LogP contribution in [0.15, 0.2) is 48.5 Å². The Labute approximate surface area is 165 Å². The van der Waals surface area contributed by atoms with Crippen molar-refractivity contribution in [2.24, 2.45) is 0 Å². The van der Waals surface area contributed by atoms with E-state index in [1.165, 1.54) is 24.3 Å². The van der Waals surface area contributed by atoms with Crippen LogP contribution in [0.25, 0.3) is 0 Å². The van der Waals surface area contributed by atoms with Gasteiger partial charge in [0.1, 0.15) is 24.7 Å². The highest BCUT2D eigenvalue weighted by molar-refractivity contribution is 7.92. The molecule has 0 atom stereocenters. The molecule has 28 heavy (non-hydrogen) atoms. The van der Waals surface area contributed by atoms with Crippen LogP contribution in [0.4, 0.5) is 10.1 Å². The molecular weight excluding hydrogens is 383 g/mol. The SMILES string of the molecule is CC(C)c1ccc(N(CC(=O)NCCOc2ccc(F)cc2)S(C)(=O)=O)cc1. The minimum atomic E-state index is -3.62. The number of hydrogen-bond acceptors (Lipinski definition) is 4. The van der Waals surface area contributed by atoms with Gasteiger partial charge in [0.25, 0.3) is 0 Å². The second kappa shape index (κ2) is 9.54. The Morgan fingerprint density at radius 2 is 1.71 bits per heavy atom. The number of benzene rings is 2. The highest BCUT2D eigenvalue weighted by Crippen LogP contribution is 2.21. The van der Waals surface area contributed by atoms with E-state index < -0.39 is 15.9 Å². The van der Waals surface area contributed by atoms with Gasteiger partial charge < -0.3 is 10.1 Å². The maximum atomic E-state index is 12.8. The number of hydrogen-bond donors (Lipinski definition) is 1. The van der Waals surface area contributed by atoms with Gasteiger partial charge in [-0.05, 0) is 47.9 Å². The standard InChI is InChI=1S/C20H25FN2O4S/c1-15(2)16-4-8-18(9-5-16)23(28(3,25)26)14-20(24)22-12-13-27-19-10-6-17(21)7-11-19/h4-11,15H,12-14H2,1-3H3,(H,22,24). The van der Waals surface area contributed by atoms with Crippen LogP contribution in [0.5, 0.6) is 5.75 Å². The lowest BCUT2D eigenvalue weighted by Gasteiger charge is -2.22. The predicted molar refractivity (Wildman–Crippen MR) is 108 cm³/mol. The Balaban J connectivity index is 1.91. The van der Waals surface area contributed by atoms with Crippen LogP contribution >= 0.6 is 0 Å². The smallest absolute Gasteiger partial charge is 0.240 e. The van der Waals surface area contributed by atoms with Gasteiger partial charge in [0, 0.05) is 0 Å². The van der Waals surface area contributed by atoms with Crippen LogP contribution in [0.3, 0.4) is 0 Å². The highest BCUT2D eigenvalue weighted by Gasteiger charge is 2.20. The normalized spacial score (nSPS) is 11.3.